The number of rotatable bonds is 6. The number of nitrogens with zero attached hydrogens (tertiary/aromatic N) is 2. The quantitative estimate of drug-likeness (QED) is 0.800. The largest absolute Gasteiger partial charge is 0.376 e. The van der Waals surface area contributed by atoms with Crippen LogP contribution in [0.1, 0.15) is 12.7 Å². The van der Waals surface area contributed by atoms with Crippen LogP contribution in [0.4, 0.5) is 5.82 Å². The molecule has 2 heterocycles. The zero-order valence-corrected chi connectivity index (χ0v) is 11.7. The molecule has 106 valence electrons. The summed E-state index contributed by atoms with van der Waals surface area (Å²) >= 11 is 5.95. The van der Waals surface area contributed by atoms with Gasteiger partial charge in [-0.2, -0.15) is 0 Å². The van der Waals surface area contributed by atoms with Crippen molar-refractivity contribution in [2.24, 2.45) is 0 Å². The Morgan fingerprint density at radius 2 is 2.37 bits per heavy atom. The SMILES string of the molecule is CCOCc1nc(Cl)cc(NCC2COCCO2)n1. The van der Waals surface area contributed by atoms with Crippen molar-refractivity contribution in [1.82, 2.24) is 9.97 Å². The molecule has 1 fully saturated rings. The van der Waals surface area contributed by atoms with Gasteiger partial charge in [0.25, 0.3) is 0 Å². The van der Waals surface area contributed by atoms with E-state index in [1.54, 1.807) is 6.07 Å². The summed E-state index contributed by atoms with van der Waals surface area (Å²) in [7, 11) is 0. The third kappa shape index (κ3) is 4.91. The van der Waals surface area contributed by atoms with Gasteiger partial charge in [0.05, 0.1) is 25.9 Å². The van der Waals surface area contributed by atoms with Crippen LogP contribution >= 0.6 is 11.6 Å². The molecule has 0 radical (unpaired) electrons. The summed E-state index contributed by atoms with van der Waals surface area (Å²) in [6.45, 7) is 5.41. The van der Waals surface area contributed by atoms with Gasteiger partial charge in [-0.1, -0.05) is 11.6 Å². The second-order valence-corrected chi connectivity index (χ2v) is 4.47. The van der Waals surface area contributed by atoms with Gasteiger partial charge in [0.2, 0.25) is 0 Å². The maximum Gasteiger partial charge on any atom is 0.158 e. The van der Waals surface area contributed by atoms with Gasteiger partial charge in [0, 0.05) is 19.2 Å². The fourth-order valence-corrected chi connectivity index (χ4v) is 1.89. The van der Waals surface area contributed by atoms with Crippen molar-refractivity contribution < 1.29 is 14.2 Å². The predicted molar refractivity (Wildman–Crippen MR) is 71.4 cm³/mol. The molecule has 1 saturated heterocycles. The minimum absolute atomic E-state index is 0.0397. The Morgan fingerprint density at radius 3 is 3.11 bits per heavy atom. The van der Waals surface area contributed by atoms with E-state index in [-0.39, 0.29) is 6.10 Å². The standard InChI is InChI=1S/C12H18ClN3O3/c1-2-17-8-12-15-10(13)5-11(16-12)14-6-9-7-18-3-4-19-9/h5,9H,2-4,6-8H2,1H3,(H,14,15,16). The monoisotopic (exact) mass is 287 g/mol. The molecule has 6 nitrogen and oxygen atoms in total. The van der Waals surface area contributed by atoms with E-state index in [0.29, 0.717) is 56.4 Å². The molecule has 0 aromatic carbocycles. The lowest BCUT2D eigenvalue weighted by atomic mass is 10.3. The van der Waals surface area contributed by atoms with Gasteiger partial charge in [-0.3, -0.25) is 0 Å². The Kier molecular flexibility index (Phi) is 5.78. The number of anilines is 1. The normalized spacial score (nSPS) is 19.4. The summed E-state index contributed by atoms with van der Waals surface area (Å²) in [5.41, 5.74) is 0. The lowest BCUT2D eigenvalue weighted by Gasteiger charge is -2.23. The third-order valence-corrected chi connectivity index (χ3v) is 2.77. The van der Waals surface area contributed by atoms with Gasteiger partial charge in [0.15, 0.2) is 5.82 Å². The maximum absolute atomic E-state index is 5.95. The molecular weight excluding hydrogens is 270 g/mol. The van der Waals surface area contributed by atoms with Gasteiger partial charge in [0.1, 0.15) is 17.6 Å². The predicted octanol–water partition coefficient (Wildman–Crippen LogP) is 1.49. The van der Waals surface area contributed by atoms with Crippen LogP contribution in [0.15, 0.2) is 6.07 Å². The molecule has 1 aliphatic heterocycles. The summed E-state index contributed by atoms with van der Waals surface area (Å²) < 4.78 is 16.1. The van der Waals surface area contributed by atoms with Crippen molar-refractivity contribution in [3.05, 3.63) is 17.0 Å². The zero-order chi connectivity index (χ0) is 13.5. The summed E-state index contributed by atoms with van der Waals surface area (Å²) in [6.07, 6.45) is 0.0397. The molecule has 1 atom stereocenters. The van der Waals surface area contributed by atoms with Crippen LogP contribution < -0.4 is 5.32 Å². The van der Waals surface area contributed by atoms with E-state index < -0.39 is 0 Å². The molecule has 0 bridgehead atoms. The molecule has 0 amide bonds. The van der Waals surface area contributed by atoms with Gasteiger partial charge < -0.3 is 19.5 Å². The van der Waals surface area contributed by atoms with Crippen LogP contribution in [0.3, 0.4) is 0 Å². The van der Waals surface area contributed by atoms with Crippen molar-refractivity contribution >= 4 is 17.4 Å². The molecule has 19 heavy (non-hydrogen) atoms. The highest BCUT2D eigenvalue weighted by Crippen LogP contribution is 2.13. The summed E-state index contributed by atoms with van der Waals surface area (Å²) in [5.74, 6) is 1.24. The van der Waals surface area contributed by atoms with E-state index in [4.69, 9.17) is 25.8 Å². The van der Waals surface area contributed by atoms with Gasteiger partial charge in [-0.25, -0.2) is 9.97 Å². The van der Waals surface area contributed by atoms with E-state index in [0.717, 1.165) is 0 Å². The van der Waals surface area contributed by atoms with Crippen LogP contribution in [0.25, 0.3) is 0 Å². The molecule has 1 unspecified atom stereocenters. The minimum atomic E-state index is 0.0397. The summed E-state index contributed by atoms with van der Waals surface area (Å²) in [6, 6.07) is 1.68. The minimum Gasteiger partial charge on any atom is -0.376 e. The molecule has 1 aromatic heterocycles. The number of nitrogens with one attached hydrogen (secondary N) is 1. The van der Waals surface area contributed by atoms with Crippen LogP contribution in [-0.2, 0) is 20.8 Å². The number of hydrogen-bond acceptors (Lipinski definition) is 6. The molecule has 1 N–H and O–H groups in total. The first-order valence-corrected chi connectivity index (χ1v) is 6.70. The highest BCUT2D eigenvalue weighted by atomic mass is 35.5. The van der Waals surface area contributed by atoms with Crippen LogP contribution in [0, 0.1) is 0 Å². The average molecular weight is 288 g/mol. The van der Waals surface area contributed by atoms with Crippen molar-refractivity contribution in [3.8, 4) is 0 Å². The van der Waals surface area contributed by atoms with Crippen molar-refractivity contribution in [2.75, 3.05) is 38.3 Å². The van der Waals surface area contributed by atoms with E-state index in [2.05, 4.69) is 15.3 Å². The fourth-order valence-electron chi connectivity index (χ4n) is 1.69. The Balaban J connectivity index is 1.89. The van der Waals surface area contributed by atoms with Crippen LogP contribution in [-0.4, -0.2) is 49.0 Å². The Labute approximate surface area is 117 Å². The lowest BCUT2D eigenvalue weighted by molar-refractivity contribution is -0.0819. The Hall–Kier alpha value is -0.950. The summed E-state index contributed by atoms with van der Waals surface area (Å²) in [4.78, 5) is 8.43. The first-order valence-electron chi connectivity index (χ1n) is 6.32. The van der Waals surface area contributed by atoms with E-state index in [1.165, 1.54) is 0 Å². The Morgan fingerprint density at radius 1 is 1.47 bits per heavy atom. The number of ether oxygens (including phenoxy) is 3. The molecule has 1 aromatic rings. The first-order chi connectivity index (χ1) is 9.28. The highest BCUT2D eigenvalue weighted by molar-refractivity contribution is 6.29. The second kappa shape index (κ2) is 7.59. The zero-order valence-electron chi connectivity index (χ0n) is 10.9. The van der Waals surface area contributed by atoms with Crippen LogP contribution in [0.5, 0.6) is 0 Å². The third-order valence-electron chi connectivity index (χ3n) is 2.57. The van der Waals surface area contributed by atoms with Crippen molar-refractivity contribution in [2.45, 2.75) is 19.6 Å². The van der Waals surface area contributed by atoms with Gasteiger partial charge in [-0.05, 0) is 6.92 Å². The smallest absolute Gasteiger partial charge is 0.158 e. The molecule has 0 aliphatic carbocycles. The molecule has 0 saturated carbocycles. The van der Waals surface area contributed by atoms with Crippen molar-refractivity contribution in [3.63, 3.8) is 0 Å². The maximum atomic E-state index is 5.95. The summed E-state index contributed by atoms with van der Waals surface area (Å²) in [5, 5.41) is 3.57. The van der Waals surface area contributed by atoms with Crippen LogP contribution in [0.2, 0.25) is 5.15 Å². The molecular formula is C12H18ClN3O3. The Bertz CT molecular complexity index is 400. The second-order valence-electron chi connectivity index (χ2n) is 4.08. The molecule has 2 rings (SSSR count). The lowest BCUT2D eigenvalue weighted by Crippen LogP contribution is -2.34. The van der Waals surface area contributed by atoms with E-state index in [9.17, 15) is 0 Å². The van der Waals surface area contributed by atoms with Gasteiger partial charge in [-0.15, -0.1) is 0 Å². The van der Waals surface area contributed by atoms with Gasteiger partial charge >= 0.3 is 0 Å². The first kappa shape index (κ1) is 14.5. The van der Waals surface area contributed by atoms with Crippen molar-refractivity contribution in [1.29, 1.82) is 0 Å². The molecule has 7 heteroatoms. The topological polar surface area (TPSA) is 65.5 Å². The molecule has 1 aliphatic rings. The fraction of sp³-hybridized carbons (Fsp3) is 0.667. The average Bonchev–Trinajstić information content (AvgIpc) is 2.43. The number of aromatic nitrogens is 2. The number of halogens is 1. The highest BCUT2D eigenvalue weighted by Gasteiger charge is 2.14. The number of hydrogen-bond donors (Lipinski definition) is 1. The molecule has 0 spiro atoms. The van der Waals surface area contributed by atoms with E-state index >= 15 is 0 Å². The van der Waals surface area contributed by atoms with E-state index in [1.807, 2.05) is 6.92 Å².